The Kier molecular flexibility index (Phi) is 4.19. The van der Waals surface area contributed by atoms with Crippen LogP contribution in [0.4, 0.5) is 0 Å². The Labute approximate surface area is 123 Å². The summed E-state index contributed by atoms with van der Waals surface area (Å²) in [6.07, 6.45) is 2.11. The van der Waals surface area contributed by atoms with Crippen LogP contribution in [0, 0.1) is 0 Å². The summed E-state index contributed by atoms with van der Waals surface area (Å²) in [6, 6.07) is 14.9. The van der Waals surface area contributed by atoms with Crippen LogP contribution in [0.5, 0.6) is 0 Å². The van der Waals surface area contributed by atoms with Crippen LogP contribution in [0.3, 0.4) is 0 Å². The number of furan rings is 1. The quantitative estimate of drug-likeness (QED) is 0.705. The molecule has 2 aromatic heterocycles. The molecule has 0 aliphatic heterocycles. The maximum atomic E-state index is 6.02. The zero-order valence-electron chi connectivity index (χ0n) is 11.6. The maximum absolute atomic E-state index is 6.02. The Morgan fingerprint density at radius 3 is 2.85 bits per heavy atom. The summed E-state index contributed by atoms with van der Waals surface area (Å²) in [5.41, 5.74) is 0.969. The van der Waals surface area contributed by atoms with Gasteiger partial charge in [-0.25, -0.2) is 0 Å². The summed E-state index contributed by atoms with van der Waals surface area (Å²) >= 11 is 1.80. The highest BCUT2D eigenvalue weighted by Crippen LogP contribution is 2.27. The van der Waals surface area contributed by atoms with Crippen LogP contribution in [-0.2, 0) is 6.42 Å². The second kappa shape index (κ2) is 6.25. The first-order valence-electron chi connectivity index (χ1n) is 7.11. The van der Waals surface area contributed by atoms with Crippen molar-refractivity contribution in [1.82, 2.24) is 5.32 Å². The minimum Gasteiger partial charge on any atom is -0.459 e. The number of fused-ring (bicyclic) bond motifs is 1. The van der Waals surface area contributed by atoms with Gasteiger partial charge in [0.1, 0.15) is 11.3 Å². The average molecular weight is 285 g/mol. The number of benzene rings is 1. The normalized spacial score (nSPS) is 12.8. The van der Waals surface area contributed by atoms with Crippen molar-refractivity contribution in [2.75, 3.05) is 6.54 Å². The van der Waals surface area contributed by atoms with Gasteiger partial charge in [-0.05, 0) is 36.5 Å². The van der Waals surface area contributed by atoms with Gasteiger partial charge in [0, 0.05) is 16.7 Å². The highest BCUT2D eigenvalue weighted by molar-refractivity contribution is 7.09. The summed E-state index contributed by atoms with van der Waals surface area (Å²) in [5, 5.41) is 6.91. The highest BCUT2D eigenvalue weighted by atomic mass is 32.1. The Bertz CT molecular complexity index is 624. The molecule has 2 heterocycles. The smallest absolute Gasteiger partial charge is 0.134 e. The van der Waals surface area contributed by atoms with Crippen molar-refractivity contribution in [1.29, 1.82) is 0 Å². The van der Waals surface area contributed by atoms with Crippen molar-refractivity contribution in [3.8, 4) is 0 Å². The largest absolute Gasteiger partial charge is 0.459 e. The van der Waals surface area contributed by atoms with E-state index in [0.29, 0.717) is 0 Å². The van der Waals surface area contributed by atoms with Crippen LogP contribution >= 0.6 is 11.3 Å². The van der Waals surface area contributed by atoms with E-state index in [9.17, 15) is 0 Å². The van der Waals surface area contributed by atoms with Crippen LogP contribution in [-0.4, -0.2) is 6.54 Å². The molecule has 0 bridgehead atoms. The van der Waals surface area contributed by atoms with E-state index in [1.54, 1.807) is 11.3 Å². The molecule has 0 aliphatic rings. The number of hydrogen-bond acceptors (Lipinski definition) is 3. The average Bonchev–Trinajstić information content (AvgIpc) is 3.12. The lowest BCUT2D eigenvalue weighted by atomic mass is 10.1. The first-order valence-corrected chi connectivity index (χ1v) is 7.99. The highest BCUT2D eigenvalue weighted by Gasteiger charge is 2.16. The first kappa shape index (κ1) is 13.4. The van der Waals surface area contributed by atoms with E-state index >= 15 is 0 Å². The predicted octanol–water partition coefficient (Wildman–Crippen LogP) is 4.78. The lowest BCUT2D eigenvalue weighted by Gasteiger charge is -2.15. The number of thiophene rings is 1. The third-order valence-corrected chi connectivity index (χ3v) is 4.31. The molecule has 20 heavy (non-hydrogen) atoms. The molecule has 2 nitrogen and oxygen atoms in total. The number of rotatable bonds is 6. The van der Waals surface area contributed by atoms with Gasteiger partial charge in [0.05, 0.1) is 6.04 Å². The third-order valence-electron chi connectivity index (χ3n) is 3.41. The van der Waals surface area contributed by atoms with Crippen molar-refractivity contribution >= 4 is 22.3 Å². The van der Waals surface area contributed by atoms with E-state index in [1.807, 2.05) is 12.1 Å². The van der Waals surface area contributed by atoms with E-state index in [-0.39, 0.29) is 6.04 Å². The molecule has 104 valence electrons. The molecule has 3 aromatic rings. The van der Waals surface area contributed by atoms with E-state index in [0.717, 1.165) is 30.7 Å². The first-order chi connectivity index (χ1) is 9.86. The standard InChI is InChI=1S/C17H19NOS/c1-2-9-18-15(12-14-7-5-10-20-14)17-11-13-6-3-4-8-16(13)19-17/h3-8,10-11,15,18H,2,9,12H2,1H3. The molecule has 0 amide bonds. The van der Waals surface area contributed by atoms with Crippen molar-refractivity contribution in [3.63, 3.8) is 0 Å². The molecular formula is C17H19NOS. The Hall–Kier alpha value is -1.58. The lowest BCUT2D eigenvalue weighted by molar-refractivity contribution is 0.429. The molecule has 3 rings (SSSR count). The fourth-order valence-electron chi connectivity index (χ4n) is 2.40. The minimum atomic E-state index is 0.251. The van der Waals surface area contributed by atoms with Gasteiger partial charge in [0.25, 0.3) is 0 Å². The Balaban J connectivity index is 1.87. The fourth-order valence-corrected chi connectivity index (χ4v) is 3.15. The van der Waals surface area contributed by atoms with Crippen LogP contribution in [0.25, 0.3) is 11.0 Å². The predicted molar refractivity (Wildman–Crippen MR) is 85.3 cm³/mol. The Morgan fingerprint density at radius 1 is 1.20 bits per heavy atom. The molecule has 0 fully saturated rings. The van der Waals surface area contributed by atoms with E-state index in [4.69, 9.17) is 4.42 Å². The maximum Gasteiger partial charge on any atom is 0.134 e. The van der Waals surface area contributed by atoms with Gasteiger partial charge in [0.2, 0.25) is 0 Å². The molecule has 1 atom stereocenters. The minimum absolute atomic E-state index is 0.251. The van der Waals surface area contributed by atoms with E-state index in [1.165, 1.54) is 10.3 Å². The molecule has 0 spiro atoms. The summed E-state index contributed by atoms with van der Waals surface area (Å²) in [6.45, 7) is 3.20. The Morgan fingerprint density at radius 2 is 2.10 bits per heavy atom. The fraction of sp³-hybridized carbons (Fsp3) is 0.294. The molecule has 1 unspecified atom stereocenters. The molecule has 0 radical (unpaired) electrons. The summed E-state index contributed by atoms with van der Waals surface area (Å²) in [7, 11) is 0. The summed E-state index contributed by atoms with van der Waals surface area (Å²) in [5.74, 6) is 1.04. The van der Waals surface area contributed by atoms with Crippen molar-refractivity contribution in [3.05, 3.63) is 58.5 Å². The zero-order chi connectivity index (χ0) is 13.8. The van der Waals surface area contributed by atoms with Gasteiger partial charge in [0.15, 0.2) is 0 Å². The number of nitrogens with one attached hydrogen (secondary N) is 1. The molecular weight excluding hydrogens is 266 g/mol. The molecule has 0 saturated heterocycles. The van der Waals surface area contributed by atoms with Crippen LogP contribution < -0.4 is 5.32 Å². The van der Waals surface area contributed by atoms with Gasteiger partial charge in [-0.2, -0.15) is 0 Å². The zero-order valence-corrected chi connectivity index (χ0v) is 12.5. The summed E-state index contributed by atoms with van der Waals surface area (Å²) in [4.78, 5) is 1.39. The molecule has 3 heteroatoms. The van der Waals surface area contributed by atoms with Crippen LogP contribution in [0.1, 0.15) is 30.0 Å². The van der Waals surface area contributed by atoms with Gasteiger partial charge < -0.3 is 9.73 Å². The van der Waals surface area contributed by atoms with E-state index < -0.39 is 0 Å². The van der Waals surface area contributed by atoms with Gasteiger partial charge in [-0.3, -0.25) is 0 Å². The van der Waals surface area contributed by atoms with Crippen LogP contribution in [0.2, 0.25) is 0 Å². The van der Waals surface area contributed by atoms with Gasteiger partial charge in [-0.1, -0.05) is 31.2 Å². The number of para-hydroxylation sites is 1. The lowest BCUT2D eigenvalue weighted by Crippen LogP contribution is -2.23. The second-order valence-electron chi connectivity index (χ2n) is 4.98. The topological polar surface area (TPSA) is 25.2 Å². The molecule has 0 saturated carbocycles. The van der Waals surface area contributed by atoms with Crippen molar-refractivity contribution in [2.45, 2.75) is 25.8 Å². The molecule has 0 aliphatic carbocycles. The van der Waals surface area contributed by atoms with Crippen LogP contribution in [0.15, 0.2) is 52.3 Å². The van der Waals surface area contributed by atoms with Gasteiger partial charge in [-0.15, -0.1) is 11.3 Å². The molecule has 1 aromatic carbocycles. The van der Waals surface area contributed by atoms with Crippen molar-refractivity contribution in [2.24, 2.45) is 0 Å². The SMILES string of the molecule is CCCNC(Cc1cccs1)c1cc2ccccc2o1. The molecule has 1 N–H and O–H groups in total. The third kappa shape index (κ3) is 2.94. The number of hydrogen-bond donors (Lipinski definition) is 1. The van der Waals surface area contributed by atoms with Gasteiger partial charge >= 0.3 is 0 Å². The second-order valence-corrected chi connectivity index (χ2v) is 6.01. The van der Waals surface area contributed by atoms with E-state index in [2.05, 4.69) is 48.0 Å². The monoisotopic (exact) mass is 285 g/mol. The van der Waals surface area contributed by atoms with Crippen molar-refractivity contribution < 1.29 is 4.42 Å². The summed E-state index contributed by atoms with van der Waals surface area (Å²) < 4.78 is 6.02.